The summed E-state index contributed by atoms with van der Waals surface area (Å²) in [4.78, 5) is 0. The molecule has 0 aromatic carbocycles. The van der Waals surface area contributed by atoms with Crippen molar-refractivity contribution in [2.24, 2.45) is 7.05 Å². The van der Waals surface area contributed by atoms with Crippen LogP contribution < -0.4 is 0 Å². The molecule has 1 aliphatic heterocycles. The van der Waals surface area contributed by atoms with Crippen LogP contribution in [0.15, 0.2) is 10.7 Å². The number of epoxide rings is 1. The molecule has 0 unspecified atom stereocenters. The third-order valence-corrected chi connectivity index (χ3v) is 3.71. The zero-order valence-corrected chi connectivity index (χ0v) is 9.04. The van der Waals surface area contributed by atoms with Crippen LogP contribution in [0.25, 0.3) is 0 Å². The van der Waals surface area contributed by atoms with Crippen molar-refractivity contribution >= 4 is 15.9 Å². The molecular weight excluding hydrogens is 232 g/mol. The van der Waals surface area contributed by atoms with E-state index in [-0.39, 0.29) is 5.60 Å². The van der Waals surface area contributed by atoms with Crippen LogP contribution in [0.5, 0.6) is 0 Å². The molecule has 1 saturated heterocycles. The monoisotopic (exact) mass is 242 g/mol. The minimum Gasteiger partial charge on any atom is -0.359 e. The van der Waals surface area contributed by atoms with Crippen LogP contribution in [0.2, 0.25) is 0 Å². The van der Waals surface area contributed by atoms with Gasteiger partial charge in [-0.05, 0) is 35.2 Å². The fraction of sp³-hybridized carbons (Fsp3) is 0.667. The number of hydrogen-bond donors (Lipinski definition) is 0. The highest BCUT2D eigenvalue weighted by Gasteiger charge is 2.62. The summed E-state index contributed by atoms with van der Waals surface area (Å²) in [6.45, 7) is 0. The lowest BCUT2D eigenvalue weighted by Gasteiger charge is -2.09. The second kappa shape index (κ2) is 2.36. The highest BCUT2D eigenvalue weighted by Crippen LogP contribution is 2.58. The van der Waals surface area contributed by atoms with E-state index in [1.165, 1.54) is 18.5 Å². The number of halogens is 1. The van der Waals surface area contributed by atoms with Gasteiger partial charge in [0.15, 0.2) is 0 Å². The van der Waals surface area contributed by atoms with Gasteiger partial charge >= 0.3 is 0 Å². The molecule has 13 heavy (non-hydrogen) atoms. The first-order chi connectivity index (χ1) is 6.24. The van der Waals surface area contributed by atoms with Crippen LogP contribution in [0.4, 0.5) is 0 Å². The fourth-order valence-electron chi connectivity index (χ4n) is 2.50. The van der Waals surface area contributed by atoms with Crippen molar-refractivity contribution < 1.29 is 4.74 Å². The van der Waals surface area contributed by atoms with E-state index < -0.39 is 0 Å². The van der Waals surface area contributed by atoms with Crippen LogP contribution in [-0.2, 0) is 17.4 Å². The Kier molecular flexibility index (Phi) is 1.45. The van der Waals surface area contributed by atoms with E-state index in [4.69, 9.17) is 4.74 Å². The van der Waals surface area contributed by atoms with E-state index in [0.29, 0.717) is 6.10 Å². The summed E-state index contributed by atoms with van der Waals surface area (Å²) in [6.07, 6.45) is 5.94. The average Bonchev–Trinajstić information content (AvgIpc) is 2.48. The molecule has 4 heteroatoms. The second-order valence-corrected chi connectivity index (χ2v) is 4.71. The first-order valence-electron chi connectivity index (χ1n) is 4.60. The predicted octanol–water partition coefficient (Wildman–Crippen LogP) is 1.96. The Bertz CT molecular complexity index is 343. The maximum Gasteiger partial charge on any atom is 0.137 e. The van der Waals surface area contributed by atoms with Crippen LogP contribution in [-0.4, -0.2) is 15.9 Å². The molecule has 1 aromatic heterocycles. The van der Waals surface area contributed by atoms with Gasteiger partial charge in [0.2, 0.25) is 0 Å². The molecule has 2 aliphatic rings. The Morgan fingerprint density at radius 1 is 1.77 bits per heavy atom. The lowest BCUT2D eigenvalue weighted by Crippen LogP contribution is -2.13. The van der Waals surface area contributed by atoms with Gasteiger partial charge in [0, 0.05) is 7.05 Å². The van der Waals surface area contributed by atoms with E-state index in [1.807, 2.05) is 17.9 Å². The molecule has 1 aromatic rings. The van der Waals surface area contributed by atoms with Crippen LogP contribution in [0, 0.1) is 0 Å². The topological polar surface area (TPSA) is 30.4 Å². The van der Waals surface area contributed by atoms with Crippen molar-refractivity contribution in [3.05, 3.63) is 16.4 Å². The Labute approximate surface area is 85.2 Å². The average molecular weight is 243 g/mol. The van der Waals surface area contributed by atoms with Gasteiger partial charge in [0.1, 0.15) is 5.60 Å². The van der Waals surface area contributed by atoms with E-state index in [1.54, 1.807) is 0 Å². The Morgan fingerprint density at radius 2 is 2.62 bits per heavy atom. The number of nitrogens with zero attached hydrogens (tertiary/aromatic N) is 2. The Hall–Kier alpha value is -0.350. The molecule has 3 rings (SSSR count). The zero-order chi connectivity index (χ0) is 9.05. The summed E-state index contributed by atoms with van der Waals surface area (Å²) in [7, 11) is 1.98. The van der Waals surface area contributed by atoms with Gasteiger partial charge in [-0.25, -0.2) is 0 Å². The van der Waals surface area contributed by atoms with E-state index in [9.17, 15) is 0 Å². The van der Waals surface area contributed by atoms with Gasteiger partial charge in [-0.15, -0.1) is 0 Å². The number of aromatic nitrogens is 2. The van der Waals surface area contributed by atoms with Crippen molar-refractivity contribution in [1.29, 1.82) is 0 Å². The number of aryl methyl sites for hydroxylation is 1. The first kappa shape index (κ1) is 8.00. The van der Waals surface area contributed by atoms with E-state index >= 15 is 0 Å². The standard InChI is InChI=1S/C9H11BrN2O/c1-12-8(6(10)5-11-12)9-4-2-3-7(9)13-9/h5,7H,2-4H2,1H3/t7-,9+/m0/s1. The fourth-order valence-corrected chi connectivity index (χ4v) is 3.18. The molecule has 1 aliphatic carbocycles. The third kappa shape index (κ3) is 0.904. The second-order valence-electron chi connectivity index (χ2n) is 3.85. The molecule has 0 bridgehead atoms. The molecular formula is C9H11BrN2O. The molecule has 0 radical (unpaired) electrons. The van der Waals surface area contributed by atoms with Gasteiger partial charge in [-0.3, -0.25) is 4.68 Å². The normalized spacial score (nSPS) is 36.3. The maximum absolute atomic E-state index is 5.76. The molecule has 70 valence electrons. The van der Waals surface area contributed by atoms with Crippen LogP contribution >= 0.6 is 15.9 Å². The van der Waals surface area contributed by atoms with Crippen molar-refractivity contribution in [1.82, 2.24) is 9.78 Å². The molecule has 2 atom stereocenters. The minimum atomic E-state index is 0.0179. The molecule has 2 heterocycles. The van der Waals surface area contributed by atoms with Gasteiger partial charge in [0.05, 0.1) is 22.5 Å². The summed E-state index contributed by atoms with van der Waals surface area (Å²) in [6, 6.07) is 0. The minimum absolute atomic E-state index is 0.0179. The lowest BCUT2D eigenvalue weighted by atomic mass is 10.0. The van der Waals surface area contributed by atoms with Crippen LogP contribution in [0.1, 0.15) is 25.0 Å². The highest BCUT2D eigenvalue weighted by molar-refractivity contribution is 9.10. The molecule has 0 amide bonds. The van der Waals surface area contributed by atoms with E-state index in [0.717, 1.165) is 10.9 Å². The number of ether oxygens (including phenoxy) is 1. The number of rotatable bonds is 1. The molecule has 0 N–H and O–H groups in total. The molecule has 3 nitrogen and oxygen atoms in total. The summed E-state index contributed by atoms with van der Waals surface area (Å²) in [5.41, 5.74) is 1.24. The maximum atomic E-state index is 5.76. The molecule has 0 spiro atoms. The summed E-state index contributed by atoms with van der Waals surface area (Å²) in [5, 5.41) is 4.22. The van der Waals surface area contributed by atoms with Crippen molar-refractivity contribution in [3.63, 3.8) is 0 Å². The lowest BCUT2D eigenvalue weighted by molar-refractivity contribution is 0.244. The first-order valence-corrected chi connectivity index (χ1v) is 5.39. The van der Waals surface area contributed by atoms with Crippen LogP contribution in [0.3, 0.4) is 0 Å². The largest absolute Gasteiger partial charge is 0.359 e. The van der Waals surface area contributed by atoms with Crippen molar-refractivity contribution in [3.8, 4) is 0 Å². The Balaban J connectivity index is 2.09. The Morgan fingerprint density at radius 3 is 3.08 bits per heavy atom. The van der Waals surface area contributed by atoms with Gasteiger partial charge in [-0.1, -0.05) is 0 Å². The molecule has 2 fully saturated rings. The number of hydrogen-bond acceptors (Lipinski definition) is 2. The van der Waals surface area contributed by atoms with Gasteiger partial charge in [0.25, 0.3) is 0 Å². The summed E-state index contributed by atoms with van der Waals surface area (Å²) >= 11 is 3.53. The third-order valence-electron chi connectivity index (χ3n) is 3.12. The van der Waals surface area contributed by atoms with Crippen molar-refractivity contribution in [2.75, 3.05) is 0 Å². The summed E-state index contributed by atoms with van der Waals surface area (Å²) in [5.74, 6) is 0. The zero-order valence-electron chi connectivity index (χ0n) is 7.46. The van der Waals surface area contributed by atoms with Crippen molar-refractivity contribution in [2.45, 2.75) is 31.0 Å². The van der Waals surface area contributed by atoms with Gasteiger partial charge in [-0.2, -0.15) is 5.10 Å². The SMILES string of the molecule is Cn1ncc(Br)c1[C@@]12CCC[C@@H]1O2. The van der Waals surface area contributed by atoms with Gasteiger partial charge < -0.3 is 4.74 Å². The number of fused-ring (bicyclic) bond motifs is 1. The predicted molar refractivity (Wildman–Crippen MR) is 51.3 cm³/mol. The summed E-state index contributed by atoms with van der Waals surface area (Å²) < 4.78 is 8.76. The highest BCUT2D eigenvalue weighted by atomic mass is 79.9. The molecule has 1 saturated carbocycles. The smallest absolute Gasteiger partial charge is 0.137 e. The quantitative estimate of drug-likeness (QED) is 0.706. The van der Waals surface area contributed by atoms with E-state index in [2.05, 4.69) is 21.0 Å².